The fraction of sp³-hybridized carbons (Fsp3) is 0.900. The summed E-state index contributed by atoms with van der Waals surface area (Å²) in [6.07, 6.45) is 3.97. The summed E-state index contributed by atoms with van der Waals surface area (Å²) in [5.74, 6) is 0.333. The van der Waals surface area contributed by atoms with E-state index in [9.17, 15) is 4.79 Å². The lowest BCUT2D eigenvalue weighted by molar-refractivity contribution is -0.130. The average molecular weight is 184 g/mol. The van der Waals surface area contributed by atoms with Crippen molar-refractivity contribution in [3.63, 3.8) is 0 Å². The molecule has 0 aromatic heterocycles. The van der Waals surface area contributed by atoms with Gasteiger partial charge in [-0.25, -0.2) is 0 Å². The topological polar surface area (TPSA) is 32.3 Å². The lowest BCUT2D eigenvalue weighted by atomic mass is 10.2. The van der Waals surface area contributed by atoms with Crippen molar-refractivity contribution < 1.29 is 4.79 Å². The molecule has 3 nitrogen and oxygen atoms in total. The maximum Gasteiger partial charge on any atom is 0.222 e. The molecule has 1 amide bonds. The molecule has 1 fully saturated rings. The van der Waals surface area contributed by atoms with Crippen molar-refractivity contribution in [1.29, 1.82) is 0 Å². The maximum absolute atomic E-state index is 11.6. The number of carbonyl (C=O) groups excluding carboxylic acids is 1. The second-order valence-corrected chi connectivity index (χ2v) is 3.72. The van der Waals surface area contributed by atoms with E-state index in [1.165, 1.54) is 0 Å². The Bertz CT molecular complexity index is 170. The number of rotatable bonds is 4. The molecule has 3 heteroatoms. The molecular formula is C10H20N2O. The summed E-state index contributed by atoms with van der Waals surface area (Å²) in [5.41, 5.74) is 0. The number of likely N-dealkylation sites (tertiary alicyclic amines) is 1. The third-order valence-electron chi connectivity index (χ3n) is 2.69. The lowest BCUT2D eigenvalue weighted by Gasteiger charge is -2.15. The summed E-state index contributed by atoms with van der Waals surface area (Å²) in [6.45, 7) is 3.96. The Hall–Kier alpha value is -0.570. The van der Waals surface area contributed by atoms with E-state index in [0.717, 1.165) is 38.8 Å². The monoisotopic (exact) mass is 184 g/mol. The number of likely N-dealkylation sites (N-methyl/N-ethyl adjacent to an activating group) is 1. The van der Waals surface area contributed by atoms with E-state index in [1.54, 1.807) is 0 Å². The Balaban J connectivity index is 2.25. The van der Waals surface area contributed by atoms with Gasteiger partial charge in [0.25, 0.3) is 0 Å². The van der Waals surface area contributed by atoms with Gasteiger partial charge in [0.1, 0.15) is 0 Å². The molecule has 13 heavy (non-hydrogen) atoms. The summed E-state index contributed by atoms with van der Waals surface area (Å²) < 4.78 is 0. The second kappa shape index (κ2) is 5.22. The number of nitrogens with zero attached hydrogens (tertiary/aromatic N) is 1. The smallest absolute Gasteiger partial charge is 0.222 e. The van der Waals surface area contributed by atoms with Gasteiger partial charge in [-0.15, -0.1) is 0 Å². The van der Waals surface area contributed by atoms with Gasteiger partial charge >= 0.3 is 0 Å². The van der Waals surface area contributed by atoms with Crippen LogP contribution in [0, 0.1) is 0 Å². The fourth-order valence-electron chi connectivity index (χ4n) is 1.71. The molecule has 1 atom stereocenters. The van der Waals surface area contributed by atoms with E-state index >= 15 is 0 Å². The molecule has 1 heterocycles. The van der Waals surface area contributed by atoms with Crippen molar-refractivity contribution in [3.8, 4) is 0 Å². The minimum absolute atomic E-state index is 0.333. The number of unbranched alkanes of at least 4 members (excludes halogenated alkanes) is 1. The van der Waals surface area contributed by atoms with Crippen LogP contribution in [-0.2, 0) is 4.79 Å². The van der Waals surface area contributed by atoms with Crippen LogP contribution in [0.25, 0.3) is 0 Å². The van der Waals surface area contributed by atoms with E-state index in [4.69, 9.17) is 0 Å². The molecule has 0 aromatic rings. The first-order valence-electron chi connectivity index (χ1n) is 5.23. The van der Waals surface area contributed by atoms with Crippen LogP contribution in [0.5, 0.6) is 0 Å². The number of hydrogen-bond acceptors (Lipinski definition) is 2. The Morgan fingerprint density at radius 2 is 2.38 bits per heavy atom. The maximum atomic E-state index is 11.6. The number of carbonyl (C=O) groups is 1. The van der Waals surface area contributed by atoms with E-state index in [0.29, 0.717) is 11.9 Å². The van der Waals surface area contributed by atoms with Crippen LogP contribution in [0.4, 0.5) is 0 Å². The van der Waals surface area contributed by atoms with Crippen LogP contribution in [-0.4, -0.2) is 37.0 Å². The van der Waals surface area contributed by atoms with Gasteiger partial charge < -0.3 is 10.2 Å². The van der Waals surface area contributed by atoms with Gasteiger partial charge in [0.2, 0.25) is 5.91 Å². The Morgan fingerprint density at radius 3 is 2.92 bits per heavy atom. The van der Waals surface area contributed by atoms with Gasteiger partial charge in [0.15, 0.2) is 0 Å². The molecule has 0 aromatic carbocycles. The summed E-state index contributed by atoms with van der Waals surface area (Å²) in [6, 6.07) is 0.519. The largest absolute Gasteiger partial charge is 0.341 e. The van der Waals surface area contributed by atoms with Gasteiger partial charge in [-0.05, 0) is 19.9 Å². The molecule has 0 saturated carbocycles. The fourth-order valence-corrected chi connectivity index (χ4v) is 1.71. The van der Waals surface area contributed by atoms with Crippen LogP contribution in [0.15, 0.2) is 0 Å². The highest BCUT2D eigenvalue weighted by atomic mass is 16.2. The molecule has 0 bridgehead atoms. The highest BCUT2D eigenvalue weighted by Gasteiger charge is 2.23. The molecule has 0 aliphatic carbocycles. The van der Waals surface area contributed by atoms with E-state index < -0.39 is 0 Å². The minimum Gasteiger partial charge on any atom is -0.341 e. The number of nitrogens with one attached hydrogen (secondary N) is 1. The molecule has 1 rings (SSSR count). The normalized spacial score (nSPS) is 22.3. The zero-order chi connectivity index (χ0) is 9.68. The van der Waals surface area contributed by atoms with Crippen molar-refractivity contribution in [3.05, 3.63) is 0 Å². The van der Waals surface area contributed by atoms with Gasteiger partial charge in [-0.1, -0.05) is 13.3 Å². The highest BCUT2D eigenvalue weighted by Crippen LogP contribution is 2.11. The van der Waals surface area contributed by atoms with Crippen molar-refractivity contribution >= 4 is 5.91 Å². The Morgan fingerprint density at radius 1 is 1.62 bits per heavy atom. The summed E-state index contributed by atoms with van der Waals surface area (Å²) >= 11 is 0. The average Bonchev–Trinajstić information content (AvgIpc) is 2.62. The van der Waals surface area contributed by atoms with Crippen LogP contribution >= 0.6 is 0 Å². The van der Waals surface area contributed by atoms with E-state index in [2.05, 4.69) is 12.2 Å². The Labute approximate surface area is 80.5 Å². The second-order valence-electron chi connectivity index (χ2n) is 3.72. The molecule has 1 N–H and O–H groups in total. The molecule has 1 aliphatic heterocycles. The molecule has 1 aliphatic rings. The van der Waals surface area contributed by atoms with Gasteiger partial charge in [-0.2, -0.15) is 0 Å². The van der Waals surface area contributed by atoms with Gasteiger partial charge in [-0.3, -0.25) is 4.79 Å². The molecule has 0 radical (unpaired) electrons. The number of hydrogen-bond donors (Lipinski definition) is 1. The summed E-state index contributed by atoms with van der Waals surface area (Å²) in [7, 11) is 1.96. The van der Waals surface area contributed by atoms with Crippen LogP contribution in [0.2, 0.25) is 0 Å². The first-order valence-corrected chi connectivity index (χ1v) is 5.23. The van der Waals surface area contributed by atoms with Gasteiger partial charge in [0.05, 0.1) is 0 Å². The predicted molar refractivity (Wildman–Crippen MR) is 53.6 cm³/mol. The lowest BCUT2D eigenvalue weighted by Crippen LogP contribution is -2.33. The Kier molecular flexibility index (Phi) is 4.22. The predicted octanol–water partition coefficient (Wildman–Crippen LogP) is 0.997. The zero-order valence-electron chi connectivity index (χ0n) is 8.68. The van der Waals surface area contributed by atoms with Crippen LogP contribution in [0.1, 0.15) is 32.6 Å². The quantitative estimate of drug-likeness (QED) is 0.707. The van der Waals surface area contributed by atoms with Crippen molar-refractivity contribution in [2.75, 3.05) is 20.1 Å². The molecule has 1 unspecified atom stereocenters. The summed E-state index contributed by atoms with van der Waals surface area (Å²) in [4.78, 5) is 13.5. The third-order valence-corrected chi connectivity index (χ3v) is 2.69. The first kappa shape index (κ1) is 10.5. The highest BCUT2D eigenvalue weighted by molar-refractivity contribution is 5.76. The van der Waals surface area contributed by atoms with E-state index in [-0.39, 0.29) is 0 Å². The van der Waals surface area contributed by atoms with Crippen molar-refractivity contribution in [2.45, 2.75) is 38.6 Å². The SMILES string of the molecule is CCCCC(=O)N1CCC(NC)C1. The molecule has 76 valence electrons. The third kappa shape index (κ3) is 2.99. The summed E-state index contributed by atoms with van der Waals surface area (Å²) in [5, 5.41) is 3.21. The van der Waals surface area contributed by atoms with Crippen LogP contribution in [0.3, 0.4) is 0 Å². The van der Waals surface area contributed by atoms with Crippen LogP contribution < -0.4 is 5.32 Å². The van der Waals surface area contributed by atoms with E-state index in [1.807, 2.05) is 11.9 Å². The zero-order valence-corrected chi connectivity index (χ0v) is 8.68. The molecule has 0 spiro atoms. The van der Waals surface area contributed by atoms with Gasteiger partial charge in [0, 0.05) is 25.6 Å². The van der Waals surface area contributed by atoms with Crippen molar-refractivity contribution in [1.82, 2.24) is 10.2 Å². The van der Waals surface area contributed by atoms with Crippen molar-refractivity contribution in [2.24, 2.45) is 0 Å². The number of amides is 1. The first-order chi connectivity index (χ1) is 6.27. The molecular weight excluding hydrogens is 164 g/mol. The minimum atomic E-state index is 0.333. The molecule has 1 saturated heterocycles. The standard InChI is InChI=1S/C10H20N2O/c1-3-4-5-10(13)12-7-6-9(8-12)11-2/h9,11H,3-8H2,1-2H3.